The van der Waals surface area contributed by atoms with Gasteiger partial charge in [-0.3, -0.25) is 9.78 Å². The maximum absolute atomic E-state index is 12.9. The first-order valence-electron chi connectivity index (χ1n) is 8.69. The highest BCUT2D eigenvalue weighted by atomic mass is 16.3. The number of aromatic hydroxyl groups is 1. The van der Waals surface area contributed by atoms with Gasteiger partial charge in [-0.1, -0.05) is 18.2 Å². The van der Waals surface area contributed by atoms with Crippen molar-refractivity contribution >= 4 is 5.91 Å². The van der Waals surface area contributed by atoms with E-state index in [1.165, 1.54) is 12.0 Å². The summed E-state index contributed by atoms with van der Waals surface area (Å²) in [5.74, 6) is 1.07. The van der Waals surface area contributed by atoms with Gasteiger partial charge >= 0.3 is 0 Å². The third-order valence-corrected chi connectivity index (χ3v) is 5.76. The monoisotopic (exact) mass is 322 g/mol. The second kappa shape index (κ2) is 5.93. The maximum atomic E-state index is 12.9. The number of rotatable bonds is 4. The molecule has 2 atom stereocenters. The lowest BCUT2D eigenvalue weighted by atomic mass is 9.64. The van der Waals surface area contributed by atoms with Gasteiger partial charge in [-0.2, -0.15) is 0 Å². The Morgan fingerprint density at radius 2 is 2.08 bits per heavy atom. The first-order valence-corrected chi connectivity index (χ1v) is 8.69. The van der Waals surface area contributed by atoms with Gasteiger partial charge in [-0.25, -0.2) is 0 Å². The van der Waals surface area contributed by atoms with Gasteiger partial charge in [0, 0.05) is 25.4 Å². The summed E-state index contributed by atoms with van der Waals surface area (Å²) in [5.41, 5.74) is 2.16. The van der Waals surface area contributed by atoms with Crippen molar-refractivity contribution in [1.82, 2.24) is 9.88 Å². The number of likely N-dealkylation sites (tertiary alicyclic amines) is 1. The van der Waals surface area contributed by atoms with Crippen LogP contribution in [0.2, 0.25) is 0 Å². The number of aryl methyl sites for hydroxylation is 1. The van der Waals surface area contributed by atoms with Crippen LogP contribution in [0.25, 0.3) is 0 Å². The Hall–Kier alpha value is -2.36. The Labute approximate surface area is 142 Å². The summed E-state index contributed by atoms with van der Waals surface area (Å²) in [6.07, 6.45) is 8.30. The van der Waals surface area contributed by atoms with Gasteiger partial charge < -0.3 is 10.0 Å². The molecule has 1 aliphatic carbocycles. The van der Waals surface area contributed by atoms with Gasteiger partial charge in [0.05, 0.1) is 5.54 Å². The molecule has 1 aliphatic heterocycles. The number of aromatic nitrogens is 1. The highest BCUT2D eigenvalue weighted by molar-refractivity contribution is 5.78. The highest BCUT2D eigenvalue weighted by Crippen LogP contribution is 2.56. The number of nitrogens with zero attached hydrogens (tertiary/aromatic N) is 2. The van der Waals surface area contributed by atoms with Crippen LogP contribution < -0.4 is 0 Å². The molecule has 0 bridgehead atoms. The molecular weight excluding hydrogens is 300 g/mol. The Kier molecular flexibility index (Phi) is 3.75. The van der Waals surface area contributed by atoms with Gasteiger partial charge in [0.1, 0.15) is 5.75 Å². The first-order chi connectivity index (χ1) is 11.7. The first kappa shape index (κ1) is 15.2. The van der Waals surface area contributed by atoms with Crippen molar-refractivity contribution in [3.63, 3.8) is 0 Å². The van der Waals surface area contributed by atoms with Crippen molar-refractivity contribution in [2.75, 3.05) is 6.54 Å². The van der Waals surface area contributed by atoms with E-state index in [0.717, 1.165) is 24.9 Å². The van der Waals surface area contributed by atoms with E-state index >= 15 is 0 Å². The largest absolute Gasteiger partial charge is 0.508 e. The molecule has 0 radical (unpaired) electrons. The molecule has 1 saturated heterocycles. The summed E-state index contributed by atoms with van der Waals surface area (Å²) in [4.78, 5) is 19.3. The Balaban J connectivity index is 1.50. The zero-order valence-corrected chi connectivity index (χ0v) is 13.7. The fourth-order valence-electron chi connectivity index (χ4n) is 4.40. The molecule has 2 heterocycles. The van der Waals surface area contributed by atoms with Crippen molar-refractivity contribution < 1.29 is 9.90 Å². The molecule has 2 fully saturated rings. The van der Waals surface area contributed by atoms with E-state index in [2.05, 4.69) is 16.0 Å². The Bertz CT molecular complexity index is 729. The summed E-state index contributed by atoms with van der Waals surface area (Å²) in [6, 6.07) is 11.2. The molecule has 124 valence electrons. The third-order valence-electron chi connectivity index (χ3n) is 5.76. The predicted octanol–water partition coefficient (Wildman–Crippen LogP) is 3.26. The van der Waals surface area contributed by atoms with E-state index in [0.29, 0.717) is 18.8 Å². The maximum Gasteiger partial charge on any atom is 0.223 e. The third kappa shape index (κ3) is 2.37. The second-order valence-electron chi connectivity index (χ2n) is 6.90. The van der Waals surface area contributed by atoms with E-state index in [1.54, 1.807) is 18.3 Å². The predicted molar refractivity (Wildman–Crippen MR) is 91.4 cm³/mol. The summed E-state index contributed by atoms with van der Waals surface area (Å²) in [5, 5.41) is 9.36. The van der Waals surface area contributed by atoms with E-state index in [1.807, 2.05) is 24.4 Å². The molecule has 24 heavy (non-hydrogen) atoms. The van der Waals surface area contributed by atoms with Gasteiger partial charge in [0.25, 0.3) is 0 Å². The number of carbonyl (C=O) groups excluding carboxylic acids is 1. The van der Waals surface area contributed by atoms with Crippen LogP contribution in [0, 0.1) is 5.92 Å². The van der Waals surface area contributed by atoms with Gasteiger partial charge in [-0.15, -0.1) is 0 Å². The van der Waals surface area contributed by atoms with Crippen molar-refractivity contribution in [2.24, 2.45) is 5.92 Å². The van der Waals surface area contributed by atoms with Crippen LogP contribution in [0.1, 0.15) is 36.8 Å². The Morgan fingerprint density at radius 3 is 2.75 bits per heavy atom. The molecule has 4 heteroatoms. The van der Waals surface area contributed by atoms with E-state index in [9.17, 15) is 9.90 Å². The standard InChI is InChI=1S/C20H22N2O2/c23-18-6-3-15(4-7-18)5-8-19(24)22-13-10-16-9-11-20(16,22)17-2-1-12-21-14-17/h1-4,6-7,12,14,16,23H,5,8-11,13H2/t16-,20-/m0/s1. The number of phenols is 1. The van der Waals surface area contributed by atoms with Gasteiger partial charge in [0.15, 0.2) is 0 Å². The number of fused-ring (bicyclic) bond motifs is 1. The Morgan fingerprint density at radius 1 is 1.25 bits per heavy atom. The lowest BCUT2D eigenvalue weighted by molar-refractivity contribution is -0.140. The lowest BCUT2D eigenvalue weighted by Gasteiger charge is -2.50. The summed E-state index contributed by atoms with van der Waals surface area (Å²) >= 11 is 0. The summed E-state index contributed by atoms with van der Waals surface area (Å²) < 4.78 is 0. The molecule has 1 N–H and O–H groups in total. The lowest BCUT2D eigenvalue weighted by Crippen LogP contribution is -2.53. The molecule has 1 saturated carbocycles. The average Bonchev–Trinajstić information content (AvgIpc) is 2.86. The summed E-state index contributed by atoms with van der Waals surface area (Å²) in [6.45, 7) is 0.855. The molecule has 0 unspecified atom stereocenters. The molecule has 0 spiro atoms. The second-order valence-corrected chi connectivity index (χ2v) is 6.90. The summed E-state index contributed by atoms with van der Waals surface area (Å²) in [7, 11) is 0. The number of phenolic OH excluding ortho intramolecular Hbond substituents is 1. The van der Waals surface area contributed by atoms with Gasteiger partial charge in [0.2, 0.25) is 5.91 Å². The van der Waals surface area contributed by atoms with E-state index in [-0.39, 0.29) is 17.2 Å². The molecule has 2 aromatic rings. The topological polar surface area (TPSA) is 53.4 Å². The molecule has 1 aromatic heterocycles. The van der Waals surface area contributed by atoms with E-state index in [4.69, 9.17) is 0 Å². The van der Waals surface area contributed by atoms with Crippen molar-refractivity contribution in [2.45, 2.75) is 37.6 Å². The molecule has 4 nitrogen and oxygen atoms in total. The van der Waals surface area contributed by atoms with Crippen LogP contribution in [-0.4, -0.2) is 27.4 Å². The number of amides is 1. The van der Waals surface area contributed by atoms with Crippen LogP contribution in [0.4, 0.5) is 0 Å². The molecule has 4 rings (SSSR count). The molecular formula is C20H22N2O2. The highest BCUT2D eigenvalue weighted by Gasteiger charge is 2.57. The zero-order valence-electron chi connectivity index (χ0n) is 13.7. The SMILES string of the molecule is O=C(CCc1ccc(O)cc1)N1CC[C@@H]2CC[C@@]21c1cccnc1. The average molecular weight is 322 g/mol. The zero-order chi connectivity index (χ0) is 16.6. The van der Waals surface area contributed by atoms with Crippen molar-refractivity contribution in [1.29, 1.82) is 0 Å². The van der Waals surface area contributed by atoms with Crippen LogP contribution in [0.3, 0.4) is 0 Å². The van der Waals surface area contributed by atoms with Crippen LogP contribution in [0.15, 0.2) is 48.8 Å². The minimum atomic E-state index is -0.111. The quantitative estimate of drug-likeness (QED) is 0.940. The van der Waals surface area contributed by atoms with Crippen molar-refractivity contribution in [3.05, 3.63) is 59.9 Å². The van der Waals surface area contributed by atoms with Crippen LogP contribution >= 0.6 is 0 Å². The normalized spacial score (nSPS) is 25.2. The van der Waals surface area contributed by atoms with Crippen LogP contribution in [0.5, 0.6) is 5.75 Å². The minimum absolute atomic E-state index is 0.111. The van der Waals surface area contributed by atoms with E-state index < -0.39 is 0 Å². The van der Waals surface area contributed by atoms with Crippen molar-refractivity contribution in [3.8, 4) is 5.75 Å². The molecule has 1 aromatic carbocycles. The minimum Gasteiger partial charge on any atom is -0.508 e. The number of pyridine rings is 1. The smallest absolute Gasteiger partial charge is 0.223 e. The number of hydrogen-bond acceptors (Lipinski definition) is 3. The number of carbonyl (C=O) groups is 1. The number of hydrogen-bond donors (Lipinski definition) is 1. The van der Waals surface area contributed by atoms with Gasteiger partial charge in [-0.05, 0) is 60.9 Å². The molecule has 1 amide bonds. The fraction of sp³-hybridized carbons (Fsp3) is 0.400. The number of benzene rings is 1. The van der Waals surface area contributed by atoms with Crippen LogP contribution in [-0.2, 0) is 16.8 Å². The fourth-order valence-corrected chi connectivity index (χ4v) is 4.40. The molecule has 2 aliphatic rings.